The van der Waals surface area contributed by atoms with E-state index in [-0.39, 0.29) is 11.1 Å². The molecule has 0 spiro atoms. The molecule has 5 rings (SSSR count). The van der Waals surface area contributed by atoms with E-state index < -0.39 is 28.9 Å². The van der Waals surface area contributed by atoms with Gasteiger partial charge < -0.3 is 0 Å². The molecular formula is C29H20F6. The van der Waals surface area contributed by atoms with E-state index in [1.165, 1.54) is 12.1 Å². The van der Waals surface area contributed by atoms with Crippen LogP contribution in [0.1, 0.15) is 44.5 Å². The van der Waals surface area contributed by atoms with E-state index >= 15 is 0 Å². The zero-order chi connectivity index (χ0) is 25.2. The zero-order valence-electron chi connectivity index (χ0n) is 18.9. The Morgan fingerprint density at radius 1 is 0.514 bits per heavy atom. The Labute approximate surface area is 198 Å². The van der Waals surface area contributed by atoms with Crippen molar-refractivity contribution in [2.75, 3.05) is 0 Å². The van der Waals surface area contributed by atoms with Crippen LogP contribution in [-0.2, 0) is 17.8 Å². The first kappa shape index (κ1) is 23.2. The van der Waals surface area contributed by atoms with E-state index in [1.54, 1.807) is 12.1 Å². The van der Waals surface area contributed by atoms with Crippen LogP contribution in [0, 0.1) is 13.8 Å². The van der Waals surface area contributed by atoms with Crippen LogP contribution >= 0.6 is 0 Å². The molecule has 0 saturated heterocycles. The second-order valence-corrected chi connectivity index (χ2v) is 9.01. The van der Waals surface area contributed by atoms with Crippen molar-refractivity contribution < 1.29 is 26.3 Å². The fraction of sp³-hybridized carbons (Fsp3) is 0.172. The summed E-state index contributed by atoms with van der Waals surface area (Å²) in [6.07, 6.45) is -9.21. The molecule has 0 aromatic heterocycles. The third-order valence-corrected chi connectivity index (χ3v) is 6.69. The standard InChI is InChI=1S/C29H20F6/c1-17-9-11-23-24-12-10-18(2)14-26(24)27(25(23)13-17,19-5-3-7-21(15-19)28(30,31)32)20-6-4-8-22(16-20)29(33,34)35/h3-16H,1-2H3. The van der Waals surface area contributed by atoms with E-state index in [2.05, 4.69) is 0 Å². The van der Waals surface area contributed by atoms with E-state index in [4.69, 9.17) is 0 Å². The second kappa shape index (κ2) is 7.74. The van der Waals surface area contributed by atoms with Gasteiger partial charge in [0.1, 0.15) is 0 Å². The maximum atomic E-state index is 13.8. The highest BCUT2D eigenvalue weighted by Crippen LogP contribution is 2.57. The van der Waals surface area contributed by atoms with Gasteiger partial charge in [0.2, 0.25) is 0 Å². The Morgan fingerprint density at radius 3 is 1.29 bits per heavy atom. The van der Waals surface area contributed by atoms with Gasteiger partial charge in [0.25, 0.3) is 0 Å². The lowest BCUT2D eigenvalue weighted by Crippen LogP contribution is -2.29. The van der Waals surface area contributed by atoms with Crippen molar-refractivity contribution in [3.8, 4) is 11.1 Å². The van der Waals surface area contributed by atoms with E-state index in [0.29, 0.717) is 11.1 Å². The fourth-order valence-electron chi connectivity index (χ4n) is 5.20. The monoisotopic (exact) mass is 482 g/mol. The van der Waals surface area contributed by atoms with Gasteiger partial charge in [-0.15, -0.1) is 0 Å². The molecule has 0 radical (unpaired) electrons. The van der Waals surface area contributed by atoms with Crippen LogP contribution in [0.5, 0.6) is 0 Å². The molecular weight excluding hydrogens is 462 g/mol. The van der Waals surface area contributed by atoms with E-state index in [1.807, 2.05) is 50.2 Å². The van der Waals surface area contributed by atoms with Gasteiger partial charge in [0, 0.05) is 0 Å². The predicted molar refractivity (Wildman–Crippen MR) is 123 cm³/mol. The molecule has 0 bridgehead atoms. The van der Waals surface area contributed by atoms with Gasteiger partial charge in [0.15, 0.2) is 0 Å². The molecule has 0 aliphatic heterocycles. The van der Waals surface area contributed by atoms with Crippen molar-refractivity contribution in [2.45, 2.75) is 31.6 Å². The van der Waals surface area contributed by atoms with Gasteiger partial charge in [-0.05, 0) is 59.4 Å². The number of benzene rings is 4. The summed E-state index contributed by atoms with van der Waals surface area (Å²) >= 11 is 0. The molecule has 0 heterocycles. The van der Waals surface area contributed by atoms with Gasteiger partial charge in [-0.1, -0.05) is 83.9 Å². The SMILES string of the molecule is Cc1ccc2c(c1)C(c1cccc(C(F)(F)F)c1)(c1cccc(C(F)(F)F)c1)c1cc(C)ccc1-2. The summed E-state index contributed by atoms with van der Waals surface area (Å²) in [5.41, 5.74) is 2.10. The van der Waals surface area contributed by atoms with Crippen molar-refractivity contribution >= 4 is 0 Å². The summed E-state index contributed by atoms with van der Waals surface area (Å²) in [5.74, 6) is 0. The molecule has 0 atom stereocenters. The highest BCUT2D eigenvalue weighted by Gasteiger charge is 2.48. The Kier molecular flexibility index (Phi) is 5.13. The van der Waals surface area contributed by atoms with Crippen LogP contribution in [0.2, 0.25) is 0 Å². The number of aryl methyl sites for hydroxylation is 2. The van der Waals surface area contributed by atoms with Crippen molar-refractivity contribution in [3.63, 3.8) is 0 Å². The third-order valence-electron chi connectivity index (χ3n) is 6.69. The largest absolute Gasteiger partial charge is 0.416 e. The highest BCUT2D eigenvalue weighted by atomic mass is 19.4. The molecule has 0 amide bonds. The highest BCUT2D eigenvalue weighted by molar-refractivity contribution is 5.86. The molecule has 35 heavy (non-hydrogen) atoms. The van der Waals surface area contributed by atoms with Gasteiger partial charge in [-0.25, -0.2) is 0 Å². The summed E-state index contributed by atoms with van der Waals surface area (Å²) in [7, 11) is 0. The topological polar surface area (TPSA) is 0 Å². The maximum absolute atomic E-state index is 13.8. The minimum absolute atomic E-state index is 0.267. The van der Waals surface area contributed by atoms with Gasteiger partial charge in [-0.2, -0.15) is 26.3 Å². The number of fused-ring (bicyclic) bond motifs is 3. The van der Waals surface area contributed by atoms with Crippen LogP contribution in [0.3, 0.4) is 0 Å². The molecule has 0 nitrogen and oxygen atoms in total. The third kappa shape index (κ3) is 3.63. The van der Waals surface area contributed by atoms with Gasteiger partial charge in [0.05, 0.1) is 16.5 Å². The predicted octanol–water partition coefficient (Wildman–Crippen LogP) is 8.70. The maximum Gasteiger partial charge on any atom is 0.416 e. The number of halogens is 6. The lowest BCUT2D eigenvalue weighted by Gasteiger charge is -2.35. The lowest BCUT2D eigenvalue weighted by atomic mass is 9.67. The van der Waals surface area contributed by atoms with Crippen LogP contribution in [0.15, 0.2) is 84.9 Å². The molecule has 0 saturated carbocycles. The summed E-state index contributed by atoms with van der Waals surface area (Å²) in [4.78, 5) is 0. The van der Waals surface area contributed by atoms with Gasteiger partial charge >= 0.3 is 12.4 Å². The number of hydrogen-bond donors (Lipinski definition) is 0. The molecule has 178 valence electrons. The minimum atomic E-state index is -4.60. The first-order valence-electron chi connectivity index (χ1n) is 11.0. The van der Waals surface area contributed by atoms with Crippen LogP contribution < -0.4 is 0 Å². The molecule has 0 fully saturated rings. The average Bonchev–Trinajstić information content (AvgIpc) is 3.07. The lowest BCUT2D eigenvalue weighted by molar-refractivity contribution is -0.138. The Morgan fingerprint density at radius 2 is 0.914 bits per heavy atom. The average molecular weight is 482 g/mol. The first-order chi connectivity index (χ1) is 16.4. The van der Waals surface area contributed by atoms with Crippen molar-refractivity contribution in [1.82, 2.24) is 0 Å². The minimum Gasteiger partial charge on any atom is -0.166 e. The zero-order valence-corrected chi connectivity index (χ0v) is 18.9. The quantitative estimate of drug-likeness (QED) is 0.221. The Bertz CT molecular complexity index is 1330. The number of rotatable bonds is 2. The van der Waals surface area contributed by atoms with E-state index in [0.717, 1.165) is 46.5 Å². The fourth-order valence-corrected chi connectivity index (χ4v) is 5.20. The smallest absolute Gasteiger partial charge is 0.166 e. The first-order valence-corrected chi connectivity index (χ1v) is 11.0. The van der Waals surface area contributed by atoms with Gasteiger partial charge in [-0.3, -0.25) is 0 Å². The summed E-state index contributed by atoms with van der Waals surface area (Å²) in [6, 6.07) is 21.2. The summed E-state index contributed by atoms with van der Waals surface area (Å²) in [5, 5.41) is 0. The second-order valence-electron chi connectivity index (χ2n) is 9.01. The van der Waals surface area contributed by atoms with Crippen molar-refractivity contribution in [1.29, 1.82) is 0 Å². The van der Waals surface area contributed by atoms with Crippen LogP contribution in [-0.4, -0.2) is 0 Å². The molecule has 1 aliphatic rings. The summed E-state index contributed by atoms with van der Waals surface area (Å²) < 4.78 is 82.6. The Balaban J connectivity index is 1.97. The van der Waals surface area contributed by atoms with Crippen LogP contribution in [0.25, 0.3) is 11.1 Å². The molecule has 4 aromatic carbocycles. The molecule has 0 unspecified atom stereocenters. The Hall–Kier alpha value is -3.54. The number of hydrogen-bond acceptors (Lipinski definition) is 0. The van der Waals surface area contributed by atoms with Crippen LogP contribution in [0.4, 0.5) is 26.3 Å². The van der Waals surface area contributed by atoms with E-state index in [9.17, 15) is 26.3 Å². The number of alkyl halides is 6. The van der Waals surface area contributed by atoms with Crippen molar-refractivity contribution in [3.05, 3.63) is 129 Å². The molecule has 6 heteroatoms. The summed E-state index contributed by atoms with van der Waals surface area (Å²) in [6.45, 7) is 3.72. The van der Waals surface area contributed by atoms with Crippen molar-refractivity contribution in [2.24, 2.45) is 0 Å². The molecule has 4 aromatic rings. The molecule has 1 aliphatic carbocycles. The normalized spacial score (nSPS) is 14.5. The molecule has 0 N–H and O–H groups in total.